The summed E-state index contributed by atoms with van der Waals surface area (Å²) in [6.07, 6.45) is 4.15. The summed E-state index contributed by atoms with van der Waals surface area (Å²) in [7, 11) is 0. The zero-order valence-electron chi connectivity index (χ0n) is 39.3. The third-order valence-electron chi connectivity index (χ3n) is 13.0. The second-order valence-electron chi connectivity index (χ2n) is 17.5. The Morgan fingerprint density at radius 1 is 0.268 bits per heavy atom. The predicted molar refractivity (Wildman–Crippen MR) is 303 cm³/mol. The van der Waals surface area contributed by atoms with Crippen molar-refractivity contribution < 1.29 is 0 Å². The highest BCUT2D eigenvalue weighted by molar-refractivity contribution is 5.93. The first kappa shape index (κ1) is 44.1. The molecule has 0 amide bonds. The molecular formula is C68H51N3. The van der Waals surface area contributed by atoms with E-state index in [0.29, 0.717) is 0 Å². The van der Waals surface area contributed by atoms with Crippen molar-refractivity contribution in [2.45, 2.75) is 0 Å². The lowest BCUT2D eigenvalue weighted by atomic mass is 9.99. The molecule has 11 aromatic rings. The zero-order valence-corrected chi connectivity index (χ0v) is 39.3. The molecule has 0 N–H and O–H groups in total. The van der Waals surface area contributed by atoms with Gasteiger partial charge in [-0.05, 0) is 171 Å². The highest BCUT2D eigenvalue weighted by Gasteiger charge is 2.17. The Kier molecular flexibility index (Phi) is 12.7. The number of para-hydroxylation sites is 4. The number of hydrogen-bond donors (Lipinski definition) is 0. The molecular weight excluding hydrogens is 859 g/mol. The number of fused-ring (bicyclic) bond motifs is 1. The molecule has 0 atom stereocenters. The van der Waals surface area contributed by atoms with Gasteiger partial charge >= 0.3 is 0 Å². The predicted octanol–water partition coefficient (Wildman–Crippen LogP) is 19.3. The molecule has 0 aliphatic carbocycles. The minimum atomic E-state index is 1.05. The molecule has 0 fully saturated rings. The minimum Gasteiger partial charge on any atom is -0.311 e. The van der Waals surface area contributed by atoms with Crippen LogP contribution in [0.2, 0.25) is 0 Å². The Labute approximate surface area is 417 Å². The first-order valence-corrected chi connectivity index (χ1v) is 24.1. The summed E-state index contributed by atoms with van der Waals surface area (Å²) >= 11 is 0. The van der Waals surface area contributed by atoms with Gasteiger partial charge in [0, 0.05) is 51.2 Å². The van der Waals surface area contributed by atoms with E-state index in [4.69, 9.17) is 0 Å². The summed E-state index contributed by atoms with van der Waals surface area (Å²) in [5, 5.41) is 2.38. The second kappa shape index (κ2) is 20.4. The van der Waals surface area contributed by atoms with Crippen LogP contribution in [0.5, 0.6) is 0 Å². The average molecular weight is 910 g/mol. The SMILES string of the molecule is C=C/C(=C\c1ccc(N(c2ccccc2)c2ccccc2)cc1)c1ccc(N(c2ccc(-c3ccccc3)cc2)c2ccc(-c3ccc4cc(N(c5ccccc5)c5ccccc5)ccc4c3)cc2)cc1. The van der Waals surface area contributed by atoms with Gasteiger partial charge < -0.3 is 14.7 Å². The van der Waals surface area contributed by atoms with E-state index >= 15 is 0 Å². The highest BCUT2D eigenvalue weighted by Crippen LogP contribution is 2.40. The molecule has 3 heteroatoms. The van der Waals surface area contributed by atoms with Crippen molar-refractivity contribution in [3.63, 3.8) is 0 Å². The van der Waals surface area contributed by atoms with Gasteiger partial charge in [0.2, 0.25) is 0 Å². The van der Waals surface area contributed by atoms with Crippen LogP contribution in [0.1, 0.15) is 11.1 Å². The van der Waals surface area contributed by atoms with Crippen molar-refractivity contribution in [3.8, 4) is 22.3 Å². The molecule has 0 aliphatic rings. The molecule has 0 aliphatic heterocycles. The van der Waals surface area contributed by atoms with E-state index in [1.54, 1.807) is 0 Å². The van der Waals surface area contributed by atoms with Gasteiger partial charge in [-0.2, -0.15) is 0 Å². The van der Waals surface area contributed by atoms with E-state index in [1.807, 2.05) is 6.08 Å². The van der Waals surface area contributed by atoms with Crippen LogP contribution in [0, 0.1) is 0 Å². The third-order valence-corrected chi connectivity index (χ3v) is 13.0. The topological polar surface area (TPSA) is 9.72 Å². The fourth-order valence-corrected chi connectivity index (χ4v) is 9.40. The van der Waals surface area contributed by atoms with E-state index in [-0.39, 0.29) is 0 Å². The number of anilines is 9. The molecule has 0 bridgehead atoms. The van der Waals surface area contributed by atoms with E-state index in [9.17, 15) is 0 Å². The quantitative estimate of drug-likeness (QED) is 0.0795. The van der Waals surface area contributed by atoms with E-state index in [1.165, 1.54) is 27.5 Å². The molecule has 0 radical (unpaired) electrons. The maximum absolute atomic E-state index is 4.24. The lowest BCUT2D eigenvalue weighted by Crippen LogP contribution is -2.10. The van der Waals surface area contributed by atoms with Gasteiger partial charge in [0.15, 0.2) is 0 Å². The van der Waals surface area contributed by atoms with Crippen LogP contribution >= 0.6 is 0 Å². The molecule has 338 valence electrons. The van der Waals surface area contributed by atoms with Gasteiger partial charge in [-0.25, -0.2) is 0 Å². The number of benzene rings is 11. The Morgan fingerprint density at radius 3 is 1.03 bits per heavy atom. The van der Waals surface area contributed by atoms with Crippen LogP contribution in [0.3, 0.4) is 0 Å². The Balaban J connectivity index is 0.881. The molecule has 11 rings (SSSR count). The lowest BCUT2D eigenvalue weighted by Gasteiger charge is -2.26. The standard InChI is InChI=1S/C68H51N3/c1-2-52(48-51-28-39-64(40-29-51)69(60-20-10-4-11-21-60)61-22-12-5-13-23-61)54-32-41-65(42-33-54)70(66-43-34-55(35-44-66)53-18-8-3-9-19-53)67-45-36-56(37-46-67)57-30-31-59-50-68(47-38-58(59)49-57)71(62-24-14-6-15-25-62)63-26-16-7-17-27-63/h2-50H,1H2/b52-48+. The van der Waals surface area contributed by atoms with E-state index < -0.39 is 0 Å². The van der Waals surface area contributed by atoms with Gasteiger partial charge in [0.05, 0.1) is 0 Å². The molecule has 71 heavy (non-hydrogen) atoms. The number of nitrogens with zero attached hydrogens (tertiary/aromatic N) is 3. The summed E-state index contributed by atoms with van der Waals surface area (Å²) in [6.45, 7) is 4.24. The lowest BCUT2D eigenvalue weighted by molar-refractivity contribution is 1.28. The maximum Gasteiger partial charge on any atom is 0.0468 e. The fourth-order valence-electron chi connectivity index (χ4n) is 9.40. The van der Waals surface area contributed by atoms with Crippen LogP contribution in [-0.2, 0) is 0 Å². The summed E-state index contributed by atoms with van der Waals surface area (Å²) < 4.78 is 0. The van der Waals surface area contributed by atoms with Gasteiger partial charge in [-0.15, -0.1) is 0 Å². The van der Waals surface area contributed by atoms with Gasteiger partial charge in [0.25, 0.3) is 0 Å². The monoisotopic (exact) mass is 909 g/mol. The van der Waals surface area contributed by atoms with Crippen LogP contribution in [-0.4, -0.2) is 0 Å². The van der Waals surface area contributed by atoms with Crippen LogP contribution in [0.4, 0.5) is 51.2 Å². The van der Waals surface area contributed by atoms with Gasteiger partial charge in [-0.3, -0.25) is 0 Å². The molecule has 0 spiro atoms. The minimum absolute atomic E-state index is 1.05. The molecule has 0 heterocycles. The molecule has 3 nitrogen and oxygen atoms in total. The molecule has 0 aromatic heterocycles. The van der Waals surface area contributed by atoms with E-state index in [2.05, 4.69) is 312 Å². The van der Waals surface area contributed by atoms with Crippen molar-refractivity contribution in [1.82, 2.24) is 0 Å². The Bertz CT molecular complexity index is 3460. The number of hydrogen-bond acceptors (Lipinski definition) is 3. The van der Waals surface area contributed by atoms with Crippen molar-refractivity contribution in [2.75, 3.05) is 14.7 Å². The average Bonchev–Trinajstić information content (AvgIpc) is 3.45. The van der Waals surface area contributed by atoms with Crippen LogP contribution < -0.4 is 14.7 Å². The van der Waals surface area contributed by atoms with Crippen molar-refractivity contribution in [3.05, 3.63) is 309 Å². The normalized spacial score (nSPS) is 11.2. The fraction of sp³-hybridized carbons (Fsp3) is 0. The second-order valence-corrected chi connectivity index (χ2v) is 17.5. The summed E-state index contributed by atoms with van der Waals surface area (Å²) in [5.41, 5.74) is 17.8. The molecule has 11 aromatic carbocycles. The largest absolute Gasteiger partial charge is 0.311 e. The highest BCUT2D eigenvalue weighted by atomic mass is 15.2. The maximum atomic E-state index is 4.24. The summed E-state index contributed by atoms with van der Waals surface area (Å²) in [5.74, 6) is 0. The van der Waals surface area contributed by atoms with Crippen LogP contribution in [0.15, 0.2) is 298 Å². The number of rotatable bonds is 14. The Hall–Kier alpha value is -9.44. The molecule has 0 unspecified atom stereocenters. The number of allylic oxidation sites excluding steroid dienone is 2. The summed E-state index contributed by atoms with van der Waals surface area (Å²) in [4.78, 5) is 6.92. The summed E-state index contributed by atoms with van der Waals surface area (Å²) in [6, 6.07) is 101. The molecule has 0 saturated heterocycles. The first-order valence-electron chi connectivity index (χ1n) is 24.1. The van der Waals surface area contributed by atoms with Gasteiger partial charge in [0.1, 0.15) is 0 Å². The Morgan fingerprint density at radius 2 is 0.577 bits per heavy atom. The van der Waals surface area contributed by atoms with E-state index in [0.717, 1.165) is 73.4 Å². The zero-order chi connectivity index (χ0) is 47.8. The first-order chi connectivity index (χ1) is 35.1. The smallest absolute Gasteiger partial charge is 0.0468 e. The van der Waals surface area contributed by atoms with Crippen molar-refractivity contribution in [1.29, 1.82) is 0 Å². The third kappa shape index (κ3) is 9.67. The van der Waals surface area contributed by atoms with Crippen molar-refractivity contribution >= 4 is 73.6 Å². The van der Waals surface area contributed by atoms with Gasteiger partial charge in [-0.1, -0.05) is 183 Å². The van der Waals surface area contributed by atoms with Crippen molar-refractivity contribution in [2.24, 2.45) is 0 Å². The van der Waals surface area contributed by atoms with Crippen LogP contribution in [0.25, 0.3) is 44.7 Å². The molecule has 0 saturated carbocycles.